The lowest BCUT2D eigenvalue weighted by atomic mass is 10.0. The van der Waals surface area contributed by atoms with E-state index in [0.717, 1.165) is 12.1 Å². The molecule has 3 aromatic rings. The predicted molar refractivity (Wildman–Crippen MR) is 165 cm³/mol. The van der Waals surface area contributed by atoms with E-state index >= 15 is 0 Å². The molecular weight excluding hydrogens is 631 g/mol. The maximum Gasteiger partial charge on any atom is 0.416 e. The van der Waals surface area contributed by atoms with Crippen LogP contribution in [0.4, 0.5) is 27.8 Å². The highest BCUT2D eigenvalue weighted by molar-refractivity contribution is 8.20. The average molecular weight is 665 g/mol. The van der Waals surface area contributed by atoms with E-state index in [2.05, 4.69) is 21.5 Å². The van der Waals surface area contributed by atoms with E-state index in [1.165, 1.54) is 35.3 Å². The first kappa shape index (κ1) is 32.0. The van der Waals surface area contributed by atoms with Gasteiger partial charge in [0.2, 0.25) is 11.8 Å². The van der Waals surface area contributed by atoms with Gasteiger partial charge in [-0.15, -0.1) is 0 Å². The van der Waals surface area contributed by atoms with Crippen molar-refractivity contribution in [2.75, 3.05) is 23.7 Å². The predicted octanol–water partition coefficient (Wildman–Crippen LogP) is 5.34. The molecule has 1 amide bonds. The SMILES string of the molecule is C=CC(=O)N1[C@H](C)CN(c2nc(=O)n3c4c(cc(C(F)(F)F)cc24)[SH](C2=CCC(F)(F)CC2)C[C@@H](Oc2cnccn2)C3)C[C@@H]1C. The molecule has 4 atom stereocenters. The Morgan fingerprint density at radius 2 is 1.89 bits per heavy atom. The lowest BCUT2D eigenvalue weighted by Crippen LogP contribution is -2.58. The number of allylic oxidation sites excluding steroid dienone is 2. The minimum Gasteiger partial charge on any atom is -0.471 e. The van der Waals surface area contributed by atoms with Gasteiger partial charge in [0, 0.05) is 66.4 Å². The lowest BCUT2D eigenvalue weighted by Gasteiger charge is -2.44. The smallest absolute Gasteiger partial charge is 0.416 e. The van der Waals surface area contributed by atoms with Crippen LogP contribution in [0, 0.1) is 0 Å². The number of benzene rings is 1. The van der Waals surface area contributed by atoms with E-state index in [1.54, 1.807) is 9.80 Å². The Kier molecular flexibility index (Phi) is 8.32. The highest BCUT2D eigenvalue weighted by atomic mass is 32.2. The fourth-order valence-corrected chi connectivity index (χ4v) is 9.47. The monoisotopic (exact) mass is 664 g/mol. The molecule has 0 radical (unpaired) electrons. The van der Waals surface area contributed by atoms with Crippen LogP contribution in [-0.4, -0.2) is 73.3 Å². The van der Waals surface area contributed by atoms with Crippen LogP contribution in [0.1, 0.15) is 38.7 Å². The molecule has 246 valence electrons. The number of carbonyl (C=O) groups is 1. The summed E-state index contributed by atoms with van der Waals surface area (Å²) >= 11 is 0. The summed E-state index contributed by atoms with van der Waals surface area (Å²) in [4.78, 5) is 43.2. The Bertz CT molecular complexity index is 1750. The van der Waals surface area contributed by atoms with Gasteiger partial charge in [0.25, 0.3) is 5.92 Å². The molecule has 1 aromatic carbocycles. The number of carbonyl (C=O) groups excluding carboxylic acids is 1. The molecule has 0 bridgehead atoms. The van der Waals surface area contributed by atoms with Gasteiger partial charge in [-0.05, 0) is 43.4 Å². The summed E-state index contributed by atoms with van der Waals surface area (Å²) in [6, 6.07) is 1.35. The van der Waals surface area contributed by atoms with Gasteiger partial charge < -0.3 is 14.5 Å². The Balaban J connectivity index is 1.56. The maximum absolute atomic E-state index is 14.5. The summed E-state index contributed by atoms with van der Waals surface area (Å²) in [5, 5.41) is 0.127. The van der Waals surface area contributed by atoms with Gasteiger partial charge in [-0.1, -0.05) is 12.7 Å². The summed E-state index contributed by atoms with van der Waals surface area (Å²) in [6.45, 7) is 7.58. The summed E-state index contributed by atoms with van der Waals surface area (Å²) < 4.78 is 79.6. The summed E-state index contributed by atoms with van der Waals surface area (Å²) in [7, 11) is -1.66. The van der Waals surface area contributed by atoms with Crippen molar-refractivity contribution in [3.8, 4) is 5.88 Å². The van der Waals surface area contributed by atoms with Crippen LogP contribution >= 0.6 is 10.9 Å². The highest BCUT2D eigenvalue weighted by Crippen LogP contribution is 2.55. The van der Waals surface area contributed by atoms with Gasteiger partial charge in [-0.25, -0.2) is 18.6 Å². The van der Waals surface area contributed by atoms with Gasteiger partial charge in [0.15, 0.2) is 0 Å². The number of rotatable bonds is 5. The van der Waals surface area contributed by atoms with Gasteiger partial charge in [-0.3, -0.25) is 14.3 Å². The van der Waals surface area contributed by atoms with E-state index in [1.807, 2.05) is 13.8 Å². The van der Waals surface area contributed by atoms with Crippen LogP contribution < -0.4 is 15.3 Å². The van der Waals surface area contributed by atoms with Gasteiger partial charge in [0.1, 0.15) is 11.9 Å². The van der Waals surface area contributed by atoms with E-state index in [9.17, 15) is 31.5 Å². The largest absolute Gasteiger partial charge is 0.471 e. The molecule has 1 fully saturated rings. The fourth-order valence-electron chi connectivity index (χ4n) is 6.65. The second kappa shape index (κ2) is 12.0. The zero-order valence-corrected chi connectivity index (χ0v) is 26.1. The van der Waals surface area contributed by atoms with Crippen molar-refractivity contribution in [3.05, 3.63) is 70.4 Å². The number of aromatic nitrogens is 4. The Hall–Kier alpha value is -4.01. The summed E-state index contributed by atoms with van der Waals surface area (Å²) in [6.07, 6.45) is 0.513. The third-order valence-electron chi connectivity index (χ3n) is 8.63. The van der Waals surface area contributed by atoms with Crippen molar-refractivity contribution in [2.45, 2.75) is 74.8 Å². The van der Waals surface area contributed by atoms with E-state index in [4.69, 9.17) is 4.74 Å². The summed E-state index contributed by atoms with van der Waals surface area (Å²) in [5.41, 5.74) is -1.32. The molecule has 1 unspecified atom stereocenters. The minimum absolute atomic E-state index is 0.00476. The minimum atomic E-state index is -4.74. The number of anilines is 1. The number of hydrogen-bond donors (Lipinski definition) is 1. The zero-order chi connectivity index (χ0) is 33.0. The topological polar surface area (TPSA) is 93.5 Å². The van der Waals surface area contributed by atoms with E-state index < -0.39 is 53.2 Å². The van der Waals surface area contributed by atoms with Gasteiger partial charge >= 0.3 is 11.9 Å². The number of ether oxygens (including phenoxy) is 1. The molecule has 9 nitrogen and oxygen atoms in total. The maximum atomic E-state index is 14.5. The zero-order valence-electron chi connectivity index (χ0n) is 25.2. The number of halogens is 5. The molecule has 2 aliphatic heterocycles. The van der Waals surface area contributed by atoms with E-state index in [0.29, 0.717) is 4.91 Å². The first-order valence-corrected chi connectivity index (χ1v) is 16.4. The molecule has 6 rings (SSSR count). The first-order chi connectivity index (χ1) is 21.8. The molecular formula is C31H33F5N6O3S. The van der Waals surface area contributed by atoms with Crippen molar-refractivity contribution >= 4 is 33.5 Å². The normalized spacial score (nSPS) is 25.5. The Labute approximate surface area is 264 Å². The van der Waals surface area contributed by atoms with Crippen LogP contribution in [0.3, 0.4) is 0 Å². The molecule has 1 saturated heterocycles. The lowest BCUT2D eigenvalue weighted by molar-refractivity contribution is -0.137. The highest BCUT2D eigenvalue weighted by Gasteiger charge is 2.40. The van der Waals surface area contributed by atoms with Crippen molar-refractivity contribution < 1.29 is 31.5 Å². The van der Waals surface area contributed by atoms with Crippen molar-refractivity contribution in [3.63, 3.8) is 0 Å². The second-order valence-electron chi connectivity index (χ2n) is 11.9. The Morgan fingerprint density at radius 1 is 1.15 bits per heavy atom. The van der Waals surface area contributed by atoms with Crippen LogP contribution in [0.25, 0.3) is 10.9 Å². The molecule has 0 saturated carbocycles. The van der Waals surface area contributed by atoms with Crippen molar-refractivity contribution in [1.82, 2.24) is 24.4 Å². The average Bonchev–Trinajstić information content (AvgIpc) is 3.16. The van der Waals surface area contributed by atoms with E-state index in [-0.39, 0.29) is 77.3 Å². The molecule has 15 heteroatoms. The van der Waals surface area contributed by atoms with Crippen molar-refractivity contribution in [2.24, 2.45) is 0 Å². The molecule has 3 aliphatic rings. The molecule has 46 heavy (non-hydrogen) atoms. The first-order valence-electron chi connectivity index (χ1n) is 14.9. The van der Waals surface area contributed by atoms with Gasteiger partial charge in [-0.2, -0.15) is 29.1 Å². The standard InChI is InChI=1S/C31H33F5N6O3S/c1-4-26(43)42-18(2)14-40(15-19(42)3)28-23-11-20(31(34,35)36)12-24-27(23)41(29(44)39-28)16-21(45-25-13-37-9-10-38-25)17-46(24)22-5-7-30(32,33)8-6-22/h4-5,9-13,18-19,21,46H,1,6-8,14-17H2,2-3H3/t18-,19+,21-/m0/s1. The number of piperazine rings is 1. The molecule has 0 spiro atoms. The number of nitrogens with zero attached hydrogens (tertiary/aromatic N) is 6. The Morgan fingerprint density at radius 3 is 2.50 bits per heavy atom. The van der Waals surface area contributed by atoms with Crippen molar-refractivity contribution in [1.29, 1.82) is 0 Å². The third kappa shape index (κ3) is 6.08. The summed E-state index contributed by atoms with van der Waals surface area (Å²) in [5.74, 6) is -2.76. The molecule has 4 heterocycles. The van der Waals surface area contributed by atoms with Crippen LogP contribution in [0.5, 0.6) is 5.88 Å². The quantitative estimate of drug-likeness (QED) is 0.224. The number of thiol groups is 1. The number of hydrogen-bond acceptors (Lipinski definition) is 7. The number of alkyl halides is 5. The second-order valence-corrected chi connectivity index (χ2v) is 14.2. The molecule has 2 aromatic heterocycles. The molecule has 1 aliphatic carbocycles. The van der Waals surface area contributed by atoms with Crippen LogP contribution in [0.15, 0.2) is 64.0 Å². The van der Waals surface area contributed by atoms with Crippen LogP contribution in [0.2, 0.25) is 0 Å². The fraction of sp³-hybridized carbons (Fsp3) is 0.452. The number of amides is 1. The van der Waals surface area contributed by atoms with Crippen LogP contribution in [-0.2, 0) is 17.5 Å². The van der Waals surface area contributed by atoms with Gasteiger partial charge in [0.05, 0.1) is 23.8 Å². The molecule has 0 N–H and O–H groups in total. The third-order valence-corrected chi connectivity index (χ3v) is 11.4.